The van der Waals surface area contributed by atoms with Crippen LogP contribution in [0.4, 0.5) is 5.69 Å². The summed E-state index contributed by atoms with van der Waals surface area (Å²) in [7, 11) is 0. The maximum atomic E-state index is 12.7. The molecule has 0 saturated carbocycles. The summed E-state index contributed by atoms with van der Waals surface area (Å²) >= 11 is 13.3. The molecule has 2 aromatic carbocycles. The lowest BCUT2D eigenvalue weighted by Crippen LogP contribution is -2.29. The molecule has 1 heterocycles. The molecule has 0 spiro atoms. The zero-order chi connectivity index (χ0) is 24.8. The molecular weight excluding hydrogens is 493 g/mol. The lowest BCUT2D eigenvalue weighted by Gasteiger charge is -2.16. The van der Waals surface area contributed by atoms with Gasteiger partial charge in [-0.15, -0.1) is 16.8 Å². The number of amides is 2. The second-order valence-electron chi connectivity index (χ2n) is 7.70. The van der Waals surface area contributed by atoms with E-state index in [-0.39, 0.29) is 22.6 Å². The molecule has 0 radical (unpaired) electrons. The number of hydrogen-bond acceptors (Lipinski definition) is 5. The Morgan fingerprint density at radius 1 is 1.15 bits per heavy atom. The van der Waals surface area contributed by atoms with Gasteiger partial charge in [-0.2, -0.15) is 0 Å². The first-order chi connectivity index (χ1) is 16.2. The first-order valence-corrected chi connectivity index (χ1v) is 12.2. The molecule has 10 heteroatoms. The predicted octanol–water partition coefficient (Wildman–Crippen LogP) is 5.61. The summed E-state index contributed by atoms with van der Waals surface area (Å²) in [4.78, 5) is 25.2. The van der Waals surface area contributed by atoms with E-state index in [1.807, 2.05) is 36.6 Å². The Balaban J connectivity index is 1.68. The third kappa shape index (κ3) is 6.40. The standard InChI is InChI=1S/C24H25Cl2N5O2S/c1-5-10-31-22(16(4)27-23(33)19-9-7-17(25)12-20(19)26)29-30-24(31)34-13-21(32)28-18-8-6-14(2)15(3)11-18/h5-9,11-12,16H,1,10,13H2,2-4H3,(H,27,33)(H,28,32)/t16-/m1/s1. The van der Waals surface area contributed by atoms with Gasteiger partial charge in [0, 0.05) is 17.3 Å². The van der Waals surface area contributed by atoms with E-state index >= 15 is 0 Å². The minimum absolute atomic E-state index is 0.151. The highest BCUT2D eigenvalue weighted by atomic mass is 35.5. The SMILES string of the molecule is C=CCn1c(SCC(=O)Nc2ccc(C)c(C)c2)nnc1[C@@H](C)NC(=O)c1ccc(Cl)cc1Cl. The number of benzene rings is 2. The Morgan fingerprint density at radius 3 is 2.59 bits per heavy atom. The number of nitrogens with one attached hydrogen (secondary N) is 2. The Bertz CT molecular complexity index is 1230. The highest BCUT2D eigenvalue weighted by Crippen LogP contribution is 2.24. The molecule has 2 amide bonds. The smallest absolute Gasteiger partial charge is 0.253 e. The van der Waals surface area contributed by atoms with Crippen LogP contribution < -0.4 is 10.6 Å². The van der Waals surface area contributed by atoms with Crippen LogP contribution in [0.5, 0.6) is 0 Å². The molecule has 34 heavy (non-hydrogen) atoms. The fraction of sp³-hybridized carbons (Fsp3) is 0.250. The normalized spacial score (nSPS) is 11.7. The average molecular weight is 518 g/mol. The fourth-order valence-electron chi connectivity index (χ4n) is 3.19. The Kier molecular flexibility index (Phi) is 8.77. The average Bonchev–Trinajstić information content (AvgIpc) is 3.17. The number of nitrogens with zero attached hydrogens (tertiary/aromatic N) is 3. The van der Waals surface area contributed by atoms with Gasteiger partial charge in [0.25, 0.3) is 5.91 Å². The number of hydrogen-bond donors (Lipinski definition) is 2. The summed E-state index contributed by atoms with van der Waals surface area (Å²) < 4.78 is 1.81. The molecule has 3 rings (SSSR count). The Labute approximate surface area is 212 Å². The van der Waals surface area contributed by atoms with Crippen molar-refractivity contribution in [2.24, 2.45) is 0 Å². The van der Waals surface area contributed by atoms with Crippen LogP contribution in [0.15, 0.2) is 54.2 Å². The van der Waals surface area contributed by atoms with Crippen LogP contribution in [0.3, 0.4) is 0 Å². The quantitative estimate of drug-likeness (QED) is 0.284. The summed E-state index contributed by atoms with van der Waals surface area (Å²) in [5.41, 5.74) is 3.33. The summed E-state index contributed by atoms with van der Waals surface area (Å²) in [6.45, 7) is 10.0. The number of carbonyl (C=O) groups excluding carboxylic acids is 2. The molecule has 2 N–H and O–H groups in total. The van der Waals surface area contributed by atoms with Crippen molar-refractivity contribution in [3.63, 3.8) is 0 Å². The van der Waals surface area contributed by atoms with Crippen molar-refractivity contribution >= 4 is 52.5 Å². The lowest BCUT2D eigenvalue weighted by atomic mass is 10.1. The van der Waals surface area contributed by atoms with Crippen molar-refractivity contribution in [2.75, 3.05) is 11.1 Å². The molecular formula is C24H25Cl2N5O2S. The number of allylic oxidation sites excluding steroid dienone is 1. The van der Waals surface area contributed by atoms with E-state index in [1.54, 1.807) is 25.1 Å². The Morgan fingerprint density at radius 2 is 1.91 bits per heavy atom. The number of carbonyl (C=O) groups is 2. The first kappa shape index (κ1) is 25.8. The molecule has 0 saturated heterocycles. The van der Waals surface area contributed by atoms with Crippen LogP contribution in [-0.4, -0.2) is 32.3 Å². The molecule has 0 aliphatic heterocycles. The lowest BCUT2D eigenvalue weighted by molar-refractivity contribution is -0.113. The summed E-state index contributed by atoms with van der Waals surface area (Å²) in [5.74, 6) is 0.185. The van der Waals surface area contributed by atoms with Crippen molar-refractivity contribution in [1.29, 1.82) is 0 Å². The maximum absolute atomic E-state index is 12.7. The Hall–Kier alpha value is -2.81. The van der Waals surface area contributed by atoms with E-state index in [9.17, 15) is 9.59 Å². The van der Waals surface area contributed by atoms with Gasteiger partial charge in [0.05, 0.1) is 22.4 Å². The summed E-state index contributed by atoms with van der Waals surface area (Å²) in [6, 6.07) is 10.00. The molecule has 1 aromatic heterocycles. The van der Waals surface area contributed by atoms with Crippen molar-refractivity contribution in [3.8, 4) is 0 Å². The second kappa shape index (κ2) is 11.6. The summed E-state index contributed by atoms with van der Waals surface area (Å²) in [5, 5.41) is 15.5. The topological polar surface area (TPSA) is 88.9 Å². The fourth-order valence-corrected chi connectivity index (χ4v) is 4.44. The first-order valence-electron chi connectivity index (χ1n) is 10.5. The number of aryl methyl sites for hydroxylation is 2. The zero-order valence-corrected chi connectivity index (χ0v) is 21.4. The number of aromatic nitrogens is 3. The van der Waals surface area contributed by atoms with Crippen molar-refractivity contribution in [1.82, 2.24) is 20.1 Å². The van der Waals surface area contributed by atoms with Crippen LogP contribution in [-0.2, 0) is 11.3 Å². The van der Waals surface area contributed by atoms with E-state index < -0.39 is 6.04 Å². The molecule has 1 atom stereocenters. The third-order valence-corrected chi connectivity index (χ3v) is 6.61. The minimum atomic E-state index is -0.467. The highest BCUT2D eigenvalue weighted by Gasteiger charge is 2.21. The van der Waals surface area contributed by atoms with Gasteiger partial charge in [-0.3, -0.25) is 9.59 Å². The van der Waals surface area contributed by atoms with E-state index in [1.165, 1.54) is 17.8 Å². The monoisotopic (exact) mass is 517 g/mol. The van der Waals surface area contributed by atoms with E-state index in [0.717, 1.165) is 16.8 Å². The summed E-state index contributed by atoms with van der Waals surface area (Å²) in [6.07, 6.45) is 1.71. The van der Waals surface area contributed by atoms with Crippen molar-refractivity contribution in [2.45, 2.75) is 38.5 Å². The van der Waals surface area contributed by atoms with Gasteiger partial charge in [0.1, 0.15) is 0 Å². The molecule has 7 nitrogen and oxygen atoms in total. The van der Waals surface area contributed by atoms with Crippen LogP contribution in [0.1, 0.15) is 40.3 Å². The number of thioether (sulfide) groups is 1. The van der Waals surface area contributed by atoms with Gasteiger partial charge >= 0.3 is 0 Å². The molecule has 0 bridgehead atoms. The van der Waals surface area contributed by atoms with Crippen molar-refractivity contribution < 1.29 is 9.59 Å². The van der Waals surface area contributed by atoms with E-state index in [0.29, 0.717) is 28.1 Å². The number of halogens is 2. The van der Waals surface area contributed by atoms with E-state index in [2.05, 4.69) is 27.4 Å². The van der Waals surface area contributed by atoms with Crippen molar-refractivity contribution in [3.05, 3.63) is 81.6 Å². The molecule has 0 unspecified atom stereocenters. The van der Waals surface area contributed by atoms with Gasteiger partial charge in [0.15, 0.2) is 11.0 Å². The molecule has 0 fully saturated rings. The highest BCUT2D eigenvalue weighted by molar-refractivity contribution is 7.99. The second-order valence-corrected chi connectivity index (χ2v) is 9.48. The van der Waals surface area contributed by atoms with Crippen LogP contribution in [0.2, 0.25) is 10.0 Å². The zero-order valence-electron chi connectivity index (χ0n) is 19.1. The molecule has 3 aromatic rings. The third-order valence-electron chi connectivity index (χ3n) is 5.09. The molecule has 178 valence electrons. The van der Waals surface area contributed by atoms with Gasteiger partial charge in [0.2, 0.25) is 5.91 Å². The van der Waals surface area contributed by atoms with Crippen LogP contribution in [0.25, 0.3) is 0 Å². The predicted molar refractivity (Wildman–Crippen MR) is 138 cm³/mol. The van der Waals surface area contributed by atoms with E-state index in [4.69, 9.17) is 23.2 Å². The van der Waals surface area contributed by atoms with Gasteiger partial charge in [-0.25, -0.2) is 0 Å². The minimum Gasteiger partial charge on any atom is -0.342 e. The maximum Gasteiger partial charge on any atom is 0.253 e. The van der Waals surface area contributed by atoms with Gasteiger partial charge < -0.3 is 15.2 Å². The molecule has 0 aliphatic carbocycles. The van der Waals surface area contributed by atoms with Gasteiger partial charge in [-0.1, -0.05) is 47.1 Å². The van der Waals surface area contributed by atoms with Crippen LogP contribution >= 0.6 is 35.0 Å². The molecule has 0 aliphatic rings. The number of anilines is 1. The largest absolute Gasteiger partial charge is 0.342 e. The number of rotatable bonds is 9. The van der Waals surface area contributed by atoms with Gasteiger partial charge in [-0.05, 0) is 62.2 Å². The van der Waals surface area contributed by atoms with Crippen LogP contribution in [0, 0.1) is 13.8 Å².